The van der Waals surface area contributed by atoms with Crippen LogP contribution in [-0.2, 0) is 23.5 Å². The van der Waals surface area contributed by atoms with E-state index in [-0.39, 0.29) is 11.8 Å². The predicted molar refractivity (Wildman–Crippen MR) is 115 cm³/mol. The van der Waals surface area contributed by atoms with E-state index < -0.39 is 5.60 Å². The molecule has 1 amide bonds. The van der Waals surface area contributed by atoms with Crippen LogP contribution < -0.4 is 5.32 Å². The highest BCUT2D eigenvalue weighted by Crippen LogP contribution is 2.38. The quantitative estimate of drug-likeness (QED) is 0.735. The number of aromatic nitrogens is 4. The Morgan fingerprint density at radius 3 is 2.90 bits per heavy atom. The standard InChI is InChI=1S/C23H32N6O2/c30-22(25-13-17-5-4-9-24-12-17)20-15-28-10-6-18(20)11-19(28)14-29-16-21(26-27-29)23(31)7-2-1-3-8-23/h4-5,9,12,16,18-20,31H,1-3,6-8,10-11,13-15H2,(H,25,30)/t18-,19-,20-/m1/s1. The van der Waals surface area contributed by atoms with Gasteiger partial charge in [0.15, 0.2) is 0 Å². The van der Waals surface area contributed by atoms with Crippen LogP contribution in [0.3, 0.4) is 0 Å². The number of hydrogen-bond donors (Lipinski definition) is 2. The van der Waals surface area contributed by atoms with E-state index in [0.717, 1.165) is 69.4 Å². The van der Waals surface area contributed by atoms with E-state index in [1.807, 2.05) is 23.0 Å². The summed E-state index contributed by atoms with van der Waals surface area (Å²) < 4.78 is 1.89. The number of nitrogens with zero attached hydrogens (tertiary/aromatic N) is 5. The van der Waals surface area contributed by atoms with Crippen molar-refractivity contribution in [1.82, 2.24) is 30.2 Å². The number of carbonyl (C=O) groups excluding carboxylic acids is 1. The van der Waals surface area contributed by atoms with Crippen LogP contribution in [0.4, 0.5) is 0 Å². The molecule has 4 atom stereocenters. The number of amides is 1. The average molecular weight is 425 g/mol. The van der Waals surface area contributed by atoms with Gasteiger partial charge in [0.05, 0.1) is 18.7 Å². The summed E-state index contributed by atoms with van der Waals surface area (Å²) in [6.45, 7) is 3.14. The molecule has 166 valence electrons. The van der Waals surface area contributed by atoms with Crippen molar-refractivity contribution in [3.05, 3.63) is 42.0 Å². The van der Waals surface area contributed by atoms with E-state index in [4.69, 9.17) is 0 Å². The molecule has 2 aromatic heterocycles. The number of pyridine rings is 1. The third-order valence-electron chi connectivity index (χ3n) is 7.50. The summed E-state index contributed by atoms with van der Waals surface area (Å²) in [6.07, 6.45) is 12.4. The van der Waals surface area contributed by atoms with E-state index in [9.17, 15) is 9.90 Å². The highest BCUT2D eigenvalue weighted by atomic mass is 16.3. The molecule has 3 aliphatic heterocycles. The molecule has 0 aromatic carbocycles. The summed E-state index contributed by atoms with van der Waals surface area (Å²) in [5.41, 5.74) is 0.937. The lowest BCUT2D eigenvalue weighted by molar-refractivity contribution is -0.133. The van der Waals surface area contributed by atoms with Crippen molar-refractivity contribution in [2.24, 2.45) is 11.8 Å². The number of carbonyl (C=O) groups is 1. The van der Waals surface area contributed by atoms with Gasteiger partial charge in [-0.1, -0.05) is 30.5 Å². The summed E-state index contributed by atoms with van der Waals surface area (Å²) in [5.74, 6) is 0.616. The SMILES string of the molecule is O=C(NCc1cccnc1)[C@@H]1CN2CC[C@@H]1C[C@@H]2Cn1cc(C2(O)CCCCC2)nn1. The zero-order valence-electron chi connectivity index (χ0n) is 18.0. The summed E-state index contributed by atoms with van der Waals surface area (Å²) in [4.78, 5) is 19.4. The molecule has 0 spiro atoms. The number of aliphatic hydroxyl groups is 1. The van der Waals surface area contributed by atoms with E-state index in [1.165, 1.54) is 6.42 Å². The zero-order valence-corrected chi connectivity index (χ0v) is 18.0. The molecular formula is C23H32N6O2. The molecule has 0 radical (unpaired) electrons. The molecule has 1 aliphatic carbocycles. The fraction of sp³-hybridized carbons (Fsp3) is 0.652. The van der Waals surface area contributed by atoms with Gasteiger partial charge in [-0.3, -0.25) is 19.4 Å². The van der Waals surface area contributed by atoms with Crippen LogP contribution >= 0.6 is 0 Å². The molecule has 4 aliphatic rings. The molecule has 8 heteroatoms. The van der Waals surface area contributed by atoms with Crippen molar-refractivity contribution in [2.45, 2.75) is 69.7 Å². The van der Waals surface area contributed by atoms with Crippen LogP contribution in [0.15, 0.2) is 30.7 Å². The summed E-state index contributed by atoms with van der Waals surface area (Å²) in [5, 5.41) is 22.7. The number of nitrogens with one attached hydrogen (secondary N) is 1. The van der Waals surface area contributed by atoms with Crippen LogP contribution in [0.1, 0.15) is 56.2 Å². The average Bonchev–Trinajstić information content (AvgIpc) is 3.29. The molecule has 3 saturated heterocycles. The fourth-order valence-corrected chi connectivity index (χ4v) is 5.66. The van der Waals surface area contributed by atoms with E-state index in [1.54, 1.807) is 12.4 Å². The summed E-state index contributed by atoms with van der Waals surface area (Å²) in [6, 6.07) is 4.25. The normalized spacial score (nSPS) is 29.6. The number of rotatable bonds is 6. The lowest BCUT2D eigenvalue weighted by atomic mass is 9.75. The first-order chi connectivity index (χ1) is 15.1. The molecule has 2 aromatic rings. The smallest absolute Gasteiger partial charge is 0.224 e. The minimum atomic E-state index is -0.806. The summed E-state index contributed by atoms with van der Waals surface area (Å²) >= 11 is 0. The van der Waals surface area contributed by atoms with Gasteiger partial charge in [-0.15, -0.1) is 5.10 Å². The van der Waals surface area contributed by atoms with E-state index in [0.29, 0.717) is 18.5 Å². The molecule has 5 heterocycles. The first-order valence-electron chi connectivity index (χ1n) is 11.6. The molecule has 1 saturated carbocycles. The van der Waals surface area contributed by atoms with E-state index in [2.05, 4.69) is 25.5 Å². The van der Waals surface area contributed by atoms with Gasteiger partial charge in [0, 0.05) is 31.5 Å². The van der Waals surface area contributed by atoms with Crippen molar-refractivity contribution < 1.29 is 9.90 Å². The molecular weight excluding hydrogens is 392 g/mol. The molecule has 31 heavy (non-hydrogen) atoms. The highest BCUT2D eigenvalue weighted by molar-refractivity contribution is 5.79. The van der Waals surface area contributed by atoms with Crippen LogP contribution in [0.2, 0.25) is 0 Å². The number of hydrogen-bond acceptors (Lipinski definition) is 6. The third-order valence-corrected chi connectivity index (χ3v) is 7.50. The number of fused-ring (bicyclic) bond motifs is 3. The van der Waals surface area contributed by atoms with Crippen molar-refractivity contribution in [2.75, 3.05) is 13.1 Å². The molecule has 2 bridgehead atoms. The fourth-order valence-electron chi connectivity index (χ4n) is 5.66. The maximum Gasteiger partial charge on any atom is 0.224 e. The molecule has 4 fully saturated rings. The zero-order chi connectivity index (χ0) is 21.3. The Labute approximate surface area is 183 Å². The van der Waals surface area contributed by atoms with E-state index >= 15 is 0 Å². The molecule has 2 N–H and O–H groups in total. The Morgan fingerprint density at radius 2 is 2.16 bits per heavy atom. The van der Waals surface area contributed by atoms with Gasteiger partial charge in [-0.25, -0.2) is 0 Å². The first kappa shape index (κ1) is 20.6. The van der Waals surface area contributed by atoms with Gasteiger partial charge in [0.1, 0.15) is 11.3 Å². The van der Waals surface area contributed by atoms with Crippen LogP contribution in [0.5, 0.6) is 0 Å². The topological polar surface area (TPSA) is 96.2 Å². The van der Waals surface area contributed by atoms with Gasteiger partial charge in [-0.2, -0.15) is 0 Å². The maximum absolute atomic E-state index is 12.8. The van der Waals surface area contributed by atoms with Crippen molar-refractivity contribution in [3.63, 3.8) is 0 Å². The van der Waals surface area contributed by atoms with Crippen LogP contribution in [0, 0.1) is 11.8 Å². The lowest BCUT2D eigenvalue weighted by Crippen LogP contribution is -2.58. The second-order valence-electron chi connectivity index (χ2n) is 9.54. The Kier molecular flexibility index (Phi) is 5.75. The van der Waals surface area contributed by atoms with Gasteiger partial charge >= 0.3 is 0 Å². The van der Waals surface area contributed by atoms with Gasteiger partial charge in [-0.05, 0) is 49.8 Å². The first-order valence-corrected chi connectivity index (χ1v) is 11.6. The molecule has 6 rings (SSSR count). The molecule has 1 unspecified atom stereocenters. The van der Waals surface area contributed by atoms with Crippen LogP contribution in [-0.4, -0.2) is 55.0 Å². The summed E-state index contributed by atoms with van der Waals surface area (Å²) in [7, 11) is 0. The lowest BCUT2D eigenvalue weighted by Gasteiger charge is -2.49. The largest absolute Gasteiger partial charge is 0.383 e. The van der Waals surface area contributed by atoms with Gasteiger partial charge in [0.2, 0.25) is 5.91 Å². The van der Waals surface area contributed by atoms with Gasteiger partial charge < -0.3 is 10.4 Å². The predicted octanol–water partition coefficient (Wildman–Crippen LogP) is 1.85. The second-order valence-corrected chi connectivity index (χ2v) is 9.54. The van der Waals surface area contributed by atoms with Crippen molar-refractivity contribution >= 4 is 5.91 Å². The number of piperidine rings is 3. The maximum atomic E-state index is 12.8. The second kappa shape index (κ2) is 8.67. The Balaban J connectivity index is 1.17. The third kappa shape index (κ3) is 4.36. The molecule has 8 nitrogen and oxygen atoms in total. The Hall–Kier alpha value is -2.32. The Bertz CT molecular complexity index is 894. The van der Waals surface area contributed by atoms with Gasteiger partial charge in [0.25, 0.3) is 0 Å². The minimum Gasteiger partial charge on any atom is -0.383 e. The van der Waals surface area contributed by atoms with Crippen molar-refractivity contribution in [3.8, 4) is 0 Å². The van der Waals surface area contributed by atoms with Crippen molar-refractivity contribution in [1.29, 1.82) is 0 Å². The van der Waals surface area contributed by atoms with Crippen LogP contribution in [0.25, 0.3) is 0 Å². The Morgan fingerprint density at radius 1 is 1.29 bits per heavy atom. The minimum absolute atomic E-state index is 0.0518. The highest BCUT2D eigenvalue weighted by Gasteiger charge is 2.43. The monoisotopic (exact) mass is 424 g/mol.